The first kappa shape index (κ1) is 11.3. The number of rotatable bonds is 3. The first-order valence-electron chi connectivity index (χ1n) is 5.18. The molecule has 3 nitrogen and oxygen atoms in total. The highest BCUT2D eigenvalue weighted by Crippen LogP contribution is 2.33. The van der Waals surface area contributed by atoms with E-state index in [9.17, 15) is 5.11 Å². The van der Waals surface area contributed by atoms with Crippen LogP contribution in [0.25, 0.3) is 0 Å². The number of hydrogen-bond acceptors (Lipinski definition) is 3. The van der Waals surface area contributed by atoms with Crippen molar-refractivity contribution in [2.75, 3.05) is 6.61 Å². The van der Waals surface area contributed by atoms with Gasteiger partial charge in [0.2, 0.25) is 0 Å². The normalized spacial score (nSPS) is 17.3. The van der Waals surface area contributed by atoms with E-state index in [1.165, 1.54) is 0 Å². The van der Waals surface area contributed by atoms with Gasteiger partial charge < -0.3 is 9.84 Å². The van der Waals surface area contributed by atoms with Gasteiger partial charge in [-0.2, -0.15) is 5.26 Å². The molecule has 0 saturated heterocycles. The molecule has 0 unspecified atom stereocenters. The van der Waals surface area contributed by atoms with Crippen molar-refractivity contribution < 1.29 is 9.84 Å². The van der Waals surface area contributed by atoms with Crippen LogP contribution in [0.15, 0.2) is 18.2 Å². The minimum Gasteiger partial charge on any atom is -0.489 e. The highest BCUT2D eigenvalue weighted by atomic mass is 35.5. The van der Waals surface area contributed by atoms with Crippen LogP contribution in [0, 0.1) is 11.3 Å². The standard InChI is InChI=1S/C12H12ClNO2/c13-10-3-2-9(7-14)11(6-10)16-8-12(15)4-1-5-12/h2-3,6,15H,1,4-5,8H2. The first-order chi connectivity index (χ1) is 7.63. The third-order valence-electron chi connectivity index (χ3n) is 2.84. The Balaban J connectivity index is 2.08. The fourth-order valence-corrected chi connectivity index (χ4v) is 1.81. The van der Waals surface area contributed by atoms with Gasteiger partial charge in [-0.3, -0.25) is 0 Å². The van der Waals surface area contributed by atoms with Crippen molar-refractivity contribution in [3.63, 3.8) is 0 Å². The summed E-state index contributed by atoms with van der Waals surface area (Å²) in [6.45, 7) is 0.224. The SMILES string of the molecule is N#Cc1ccc(Cl)cc1OCC1(O)CCC1. The van der Waals surface area contributed by atoms with Crippen molar-refractivity contribution in [2.24, 2.45) is 0 Å². The molecule has 16 heavy (non-hydrogen) atoms. The summed E-state index contributed by atoms with van der Waals surface area (Å²) >= 11 is 5.82. The average molecular weight is 238 g/mol. The lowest BCUT2D eigenvalue weighted by atomic mass is 9.81. The number of nitriles is 1. The highest BCUT2D eigenvalue weighted by molar-refractivity contribution is 6.30. The maximum Gasteiger partial charge on any atom is 0.138 e. The molecule has 1 aliphatic carbocycles. The fourth-order valence-electron chi connectivity index (χ4n) is 1.65. The molecule has 84 valence electrons. The van der Waals surface area contributed by atoms with E-state index in [-0.39, 0.29) is 6.61 Å². The first-order valence-corrected chi connectivity index (χ1v) is 5.56. The van der Waals surface area contributed by atoms with Crippen LogP contribution in [0.3, 0.4) is 0 Å². The maximum absolute atomic E-state index is 9.86. The van der Waals surface area contributed by atoms with Crippen LogP contribution in [-0.4, -0.2) is 17.3 Å². The molecule has 0 aliphatic heterocycles. The van der Waals surface area contributed by atoms with Crippen molar-refractivity contribution in [3.8, 4) is 11.8 Å². The van der Waals surface area contributed by atoms with Gasteiger partial charge in [-0.15, -0.1) is 0 Å². The molecule has 0 heterocycles. The number of nitrogens with zero attached hydrogens (tertiary/aromatic N) is 1. The lowest BCUT2D eigenvalue weighted by Crippen LogP contribution is -2.42. The molecule has 0 radical (unpaired) electrons. The largest absolute Gasteiger partial charge is 0.489 e. The summed E-state index contributed by atoms with van der Waals surface area (Å²) in [6.07, 6.45) is 2.55. The average Bonchev–Trinajstić information content (AvgIpc) is 2.24. The Morgan fingerprint density at radius 3 is 2.81 bits per heavy atom. The van der Waals surface area contributed by atoms with Gasteiger partial charge in [0.1, 0.15) is 18.4 Å². The zero-order valence-electron chi connectivity index (χ0n) is 8.74. The molecule has 1 aliphatic rings. The van der Waals surface area contributed by atoms with Crippen LogP contribution in [0.2, 0.25) is 5.02 Å². The molecule has 0 amide bonds. The van der Waals surface area contributed by atoms with Crippen molar-refractivity contribution in [2.45, 2.75) is 24.9 Å². The number of ether oxygens (including phenoxy) is 1. The zero-order valence-corrected chi connectivity index (χ0v) is 9.50. The summed E-state index contributed by atoms with van der Waals surface area (Å²) in [6, 6.07) is 6.89. The fraction of sp³-hybridized carbons (Fsp3) is 0.417. The molecule has 1 N–H and O–H groups in total. The summed E-state index contributed by atoms with van der Waals surface area (Å²) in [5.74, 6) is 0.440. The Kier molecular flexibility index (Phi) is 3.04. The summed E-state index contributed by atoms with van der Waals surface area (Å²) in [4.78, 5) is 0. The van der Waals surface area contributed by atoms with Gasteiger partial charge in [-0.05, 0) is 31.4 Å². The van der Waals surface area contributed by atoms with Crippen LogP contribution >= 0.6 is 11.6 Å². The van der Waals surface area contributed by atoms with Crippen molar-refractivity contribution in [1.29, 1.82) is 5.26 Å². The molecule has 0 atom stereocenters. The minimum atomic E-state index is -0.713. The van der Waals surface area contributed by atoms with Gasteiger partial charge in [-0.1, -0.05) is 11.6 Å². The van der Waals surface area contributed by atoms with Crippen molar-refractivity contribution >= 4 is 11.6 Å². The zero-order chi connectivity index (χ0) is 11.6. The van der Waals surface area contributed by atoms with E-state index in [0.29, 0.717) is 16.3 Å². The van der Waals surface area contributed by atoms with E-state index in [2.05, 4.69) is 0 Å². The van der Waals surface area contributed by atoms with Gasteiger partial charge >= 0.3 is 0 Å². The topological polar surface area (TPSA) is 53.2 Å². The molecule has 1 aromatic rings. The van der Waals surface area contributed by atoms with E-state index in [1.54, 1.807) is 18.2 Å². The van der Waals surface area contributed by atoms with E-state index in [1.807, 2.05) is 6.07 Å². The molecule has 1 fully saturated rings. The van der Waals surface area contributed by atoms with Crippen LogP contribution in [0.5, 0.6) is 5.75 Å². The molecule has 4 heteroatoms. The third kappa shape index (κ3) is 2.29. The molecular formula is C12H12ClNO2. The highest BCUT2D eigenvalue weighted by Gasteiger charge is 2.35. The molecule has 1 aromatic carbocycles. The summed E-state index contributed by atoms with van der Waals surface area (Å²) < 4.78 is 5.46. The summed E-state index contributed by atoms with van der Waals surface area (Å²) in [7, 11) is 0. The predicted octanol–water partition coefficient (Wildman–Crippen LogP) is 2.51. The number of halogens is 1. The number of aliphatic hydroxyl groups is 1. The van der Waals surface area contributed by atoms with E-state index >= 15 is 0 Å². The van der Waals surface area contributed by atoms with E-state index < -0.39 is 5.60 Å². The second-order valence-electron chi connectivity index (χ2n) is 4.12. The van der Waals surface area contributed by atoms with Crippen LogP contribution in [-0.2, 0) is 0 Å². The van der Waals surface area contributed by atoms with E-state index in [0.717, 1.165) is 19.3 Å². The monoisotopic (exact) mass is 237 g/mol. The van der Waals surface area contributed by atoms with Crippen LogP contribution in [0.4, 0.5) is 0 Å². The van der Waals surface area contributed by atoms with Gasteiger partial charge in [0.15, 0.2) is 0 Å². The van der Waals surface area contributed by atoms with Crippen LogP contribution < -0.4 is 4.74 Å². The maximum atomic E-state index is 9.86. The smallest absolute Gasteiger partial charge is 0.138 e. The number of hydrogen-bond donors (Lipinski definition) is 1. The predicted molar refractivity (Wildman–Crippen MR) is 60.5 cm³/mol. The van der Waals surface area contributed by atoms with Gasteiger partial charge in [0, 0.05) is 11.1 Å². The van der Waals surface area contributed by atoms with Gasteiger partial charge in [0.25, 0.3) is 0 Å². The lowest BCUT2D eigenvalue weighted by molar-refractivity contribution is -0.0664. The van der Waals surface area contributed by atoms with Gasteiger partial charge in [-0.25, -0.2) is 0 Å². The molecule has 1 saturated carbocycles. The van der Waals surface area contributed by atoms with Gasteiger partial charge in [0.05, 0.1) is 11.2 Å². The second-order valence-corrected chi connectivity index (χ2v) is 4.56. The Hall–Kier alpha value is -1.24. The molecule has 0 spiro atoms. The van der Waals surface area contributed by atoms with Crippen LogP contribution in [0.1, 0.15) is 24.8 Å². The quantitative estimate of drug-likeness (QED) is 0.879. The van der Waals surface area contributed by atoms with E-state index in [4.69, 9.17) is 21.6 Å². The second kappa shape index (κ2) is 4.32. The molecule has 2 rings (SSSR count). The van der Waals surface area contributed by atoms with Crippen molar-refractivity contribution in [1.82, 2.24) is 0 Å². The van der Waals surface area contributed by atoms with Crippen molar-refractivity contribution in [3.05, 3.63) is 28.8 Å². The third-order valence-corrected chi connectivity index (χ3v) is 3.08. The number of benzene rings is 1. The minimum absolute atomic E-state index is 0.224. The Labute approximate surface area is 99.2 Å². The summed E-state index contributed by atoms with van der Waals surface area (Å²) in [5.41, 5.74) is -0.276. The Bertz CT molecular complexity index is 435. The summed E-state index contributed by atoms with van der Waals surface area (Å²) in [5, 5.41) is 19.3. The molecular weight excluding hydrogens is 226 g/mol. The Morgan fingerprint density at radius 1 is 1.50 bits per heavy atom. The molecule has 0 aromatic heterocycles. The lowest BCUT2D eigenvalue weighted by Gasteiger charge is -2.36. The molecule has 0 bridgehead atoms. The Morgan fingerprint density at radius 2 is 2.25 bits per heavy atom.